The second kappa shape index (κ2) is 5.90. The lowest BCUT2D eigenvalue weighted by molar-refractivity contribution is -0.118. The van der Waals surface area contributed by atoms with Gasteiger partial charge in [-0.15, -0.1) is 0 Å². The molecule has 1 radical (unpaired) electrons. The summed E-state index contributed by atoms with van der Waals surface area (Å²) < 4.78 is 0. The molecule has 1 amide bonds. The van der Waals surface area contributed by atoms with E-state index in [9.17, 15) is 4.79 Å². The van der Waals surface area contributed by atoms with Gasteiger partial charge in [-0.1, -0.05) is 37.6 Å². The van der Waals surface area contributed by atoms with E-state index >= 15 is 0 Å². The number of carbonyl (C=O) groups is 1. The summed E-state index contributed by atoms with van der Waals surface area (Å²) in [7, 11) is 0. The van der Waals surface area contributed by atoms with Gasteiger partial charge in [-0.2, -0.15) is 0 Å². The lowest BCUT2D eigenvalue weighted by Gasteiger charge is -2.15. The molecule has 2 nitrogen and oxygen atoms in total. The molecule has 1 rings (SSSR count). The van der Waals surface area contributed by atoms with Crippen molar-refractivity contribution in [1.82, 2.24) is 5.32 Å². The minimum absolute atomic E-state index is 0.000216. The Kier molecular flexibility index (Phi) is 4.81. The van der Waals surface area contributed by atoms with Crippen LogP contribution in [0.25, 0.3) is 0 Å². The summed E-state index contributed by atoms with van der Waals surface area (Å²) in [5.41, 5.74) is 1.05. The van der Waals surface area contributed by atoms with Gasteiger partial charge in [0.15, 0.2) is 0 Å². The van der Waals surface area contributed by atoms with Crippen molar-refractivity contribution in [3.63, 3.8) is 0 Å². The maximum absolute atomic E-state index is 11.5. The topological polar surface area (TPSA) is 29.1 Å². The first-order valence-electron chi connectivity index (χ1n) is 5.40. The van der Waals surface area contributed by atoms with E-state index in [0.29, 0.717) is 5.02 Å². The predicted molar refractivity (Wildman–Crippen MR) is 67.1 cm³/mol. The molecule has 1 atom stereocenters. The van der Waals surface area contributed by atoms with Crippen LogP contribution in [-0.2, 0) is 4.79 Å². The molecule has 0 spiro atoms. The molecule has 16 heavy (non-hydrogen) atoms. The molecule has 1 aromatic carbocycles. The normalized spacial score (nSPS) is 12.6. The molecular weight excluding hydrogens is 222 g/mol. The summed E-state index contributed by atoms with van der Waals surface area (Å²) in [6.45, 7) is 5.91. The molecule has 0 aromatic heterocycles. The second-order valence-electron chi connectivity index (χ2n) is 4.19. The Morgan fingerprint density at radius 3 is 2.31 bits per heavy atom. The third kappa shape index (κ3) is 4.23. The number of hydrogen-bond donors (Lipinski definition) is 1. The third-order valence-corrected chi connectivity index (χ3v) is 2.47. The zero-order valence-electron chi connectivity index (χ0n) is 9.83. The van der Waals surface area contributed by atoms with E-state index in [1.165, 1.54) is 0 Å². The van der Waals surface area contributed by atoms with Crippen molar-refractivity contribution in [2.45, 2.75) is 26.8 Å². The Bertz CT molecular complexity index is 345. The molecule has 1 aromatic rings. The molecule has 3 heteroatoms. The summed E-state index contributed by atoms with van der Waals surface area (Å²) in [6.07, 6.45) is 1.67. The van der Waals surface area contributed by atoms with Crippen molar-refractivity contribution in [1.29, 1.82) is 0 Å². The number of halogens is 1. The second-order valence-corrected chi connectivity index (χ2v) is 4.63. The SMILES string of the molecule is CC(C)[CH]C(=O)NC(C)c1ccc(Cl)cc1. The van der Waals surface area contributed by atoms with Gasteiger partial charge in [-0.05, 0) is 30.5 Å². The van der Waals surface area contributed by atoms with E-state index in [1.807, 2.05) is 45.0 Å². The van der Waals surface area contributed by atoms with Crippen LogP contribution in [0.4, 0.5) is 0 Å². The minimum Gasteiger partial charge on any atom is -0.349 e. The van der Waals surface area contributed by atoms with Gasteiger partial charge >= 0.3 is 0 Å². The Morgan fingerprint density at radius 1 is 1.25 bits per heavy atom. The van der Waals surface area contributed by atoms with Gasteiger partial charge in [0.05, 0.1) is 12.5 Å². The molecule has 1 N–H and O–H groups in total. The average Bonchev–Trinajstić information content (AvgIpc) is 2.16. The van der Waals surface area contributed by atoms with Crippen molar-refractivity contribution in [2.75, 3.05) is 0 Å². The fourth-order valence-corrected chi connectivity index (χ4v) is 1.53. The van der Waals surface area contributed by atoms with Crippen molar-refractivity contribution < 1.29 is 4.79 Å². The van der Waals surface area contributed by atoms with Gasteiger partial charge in [-0.3, -0.25) is 4.79 Å². The lowest BCUT2D eigenvalue weighted by Crippen LogP contribution is -2.27. The first-order chi connectivity index (χ1) is 7.49. The molecule has 0 heterocycles. The molecule has 0 saturated carbocycles. The quantitative estimate of drug-likeness (QED) is 0.856. The van der Waals surface area contributed by atoms with E-state index in [2.05, 4.69) is 5.32 Å². The first kappa shape index (κ1) is 13.0. The maximum atomic E-state index is 11.5. The molecule has 0 aliphatic heterocycles. The summed E-state index contributed by atoms with van der Waals surface area (Å²) in [6, 6.07) is 7.49. The Balaban J connectivity index is 2.55. The Morgan fingerprint density at radius 2 is 1.81 bits per heavy atom. The van der Waals surface area contributed by atoms with Gasteiger partial charge in [0, 0.05) is 5.02 Å². The van der Waals surface area contributed by atoms with E-state index in [1.54, 1.807) is 6.42 Å². The number of hydrogen-bond acceptors (Lipinski definition) is 1. The largest absolute Gasteiger partial charge is 0.349 e. The van der Waals surface area contributed by atoms with Crippen molar-refractivity contribution in [2.24, 2.45) is 5.92 Å². The number of rotatable bonds is 4. The van der Waals surface area contributed by atoms with Crippen LogP contribution < -0.4 is 5.32 Å². The smallest absolute Gasteiger partial charge is 0.224 e. The highest BCUT2D eigenvalue weighted by Crippen LogP contribution is 2.16. The zero-order chi connectivity index (χ0) is 12.1. The molecule has 0 fully saturated rings. The molecule has 0 aliphatic carbocycles. The van der Waals surface area contributed by atoms with Gasteiger partial charge in [0.1, 0.15) is 0 Å². The average molecular weight is 239 g/mol. The fraction of sp³-hybridized carbons (Fsp3) is 0.385. The summed E-state index contributed by atoms with van der Waals surface area (Å²) in [4.78, 5) is 11.5. The van der Waals surface area contributed by atoms with Crippen LogP contribution in [0.15, 0.2) is 24.3 Å². The standard InChI is InChI=1S/C13H17ClNO/c1-9(2)8-13(16)15-10(3)11-4-6-12(14)7-5-11/h4-10H,1-3H3,(H,15,16). The van der Waals surface area contributed by atoms with E-state index < -0.39 is 0 Å². The molecular formula is C13H17ClNO. The number of carbonyl (C=O) groups excluding carboxylic acids is 1. The molecule has 0 aliphatic rings. The molecule has 0 bridgehead atoms. The van der Waals surface area contributed by atoms with Crippen LogP contribution in [0, 0.1) is 12.3 Å². The lowest BCUT2D eigenvalue weighted by atomic mass is 10.1. The summed E-state index contributed by atoms with van der Waals surface area (Å²) in [5.74, 6) is 0.231. The Hall–Kier alpha value is -1.02. The van der Waals surface area contributed by atoms with Crippen molar-refractivity contribution in [3.05, 3.63) is 41.3 Å². The van der Waals surface area contributed by atoms with Crippen LogP contribution in [0.2, 0.25) is 5.02 Å². The van der Waals surface area contributed by atoms with Gasteiger partial charge in [0.25, 0.3) is 0 Å². The summed E-state index contributed by atoms with van der Waals surface area (Å²) in [5, 5.41) is 3.61. The minimum atomic E-state index is -0.0301. The molecule has 1 unspecified atom stereocenters. The monoisotopic (exact) mass is 238 g/mol. The van der Waals surface area contributed by atoms with Crippen LogP contribution in [-0.4, -0.2) is 5.91 Å². The van der Waals surface area contributed by atoms with E-state index in [-0.39, 0.29) is 17.9 Å². The predicted octanol–water partition coefficient (Wildman–Crippen LogP) is 3.38. The third-order valence-electron chi connectivity index (χ3n) is 2.21. The van der Waals surface area contributed by atoms with E-state index in [0.717, 1.165) is 5.56 Å². The molecule has 87 valence electrons. The van der Waals surface area contributed by atoms with Crippen LogP contribution in [0.1, 0.15) is 32.4 Å². The Labute approximate surface area is 102 Å². The zero-order valence-corrected chi connectivity index (χ0v) is 10.6. The highest BCUT2D eigenvalue weighted by atomic mass is 35.5. The van der Waals surface area contributed by atoms with Crippen LogP contribution in [0.5, 0.6) is 0 Å². The number of amides is 1. The fourth-order valence-electron chi connectivity index (χ4n) is 1.40. The van der Waals surface area contributed by atoms with Crippen LogP contribution >= 0.6 is 11.6 Å². The highest BCUT2D eigenvalue weighted by molar-refractivity contribution is 6.30. The van der Waals surface area contributed by atoms with Crippen LogP contribution in [0.3, 0.4) is 0 Å². The van der Waals surface area contributed by atoms with Crippen molar-refractivity contribution >= 4 is 17.5 Å². The number of nitrogens with one attached hydrogen (secondary N) is 1. The maximum Gasteiger partial charge on any atom is 0.224 e. The van der Waals surface area contributed by atoms with E-state index in [4.69, 9.17) is 11.6 Å². The first-order valence-corrected chi connectivity index (χ1v) is 5.77. The summed E-state index contributed by atoms with van der Waals surface area (Å²) >= 11 is 5.80. The van der Waals surface area contributed by atoms with Gasteiger partial charge < -0.3 is 5.32 Å². The van der Waals surface area contributed by atoms with Gasteiger partial charge in [-0.25, -0.2) is 0 Å². The van der Waals surface area contributed by atoms with Crippen molar-refractivity contribution in [3.8, 4) is 0 Å². The highest BCUT2D eigenvalue weighted by Gasteiger charge is 2.10. The molecule has 0 saturated heterocycles. The van der Waals surface area contributed by atoms with Gasteiger partial charge in [0.2, 0.25) is 5.91 Å². The number of benzene rings is 1.